The van der Waals surface area contributed by atoms with E-state index >= 15 is 0 Å². The van der Waals surface area contributed by atoms with Crippen LogP contribution in [0, 0.1) is 6.92 Å². The van der Waals surface area contributed by atoms with Gasteiger partial charge in [0.25, 0.3) is 11.8 Å². The summed E-state index contributed by atoms with van der Waals surface area (Å²) in [4.78, 5) is 32.3. The summed E-state index contributed by atoms with van der Waals surface area (Å²) in [6.45, 7) is 6.64. The predicted molar refractivity (Wildman–Crippen MR) is 109 cm³/mol. The lowest BCUT2D eigenvalue weighted by Gasteiger charge is -2.36. The topological polar surface area (TPSA) is 73.3 Å². The summed E-state index contributed by atoms with van der Waals surface area (Å²) in [5.41, 5.74) is 2.92. The molecule has 0 bridgehead atoms. The number of aryl methyl sites for hydroxylation is 1. The van der Waals surface area contributed by atoms with E-state index in [0.29, 0.717) is 44.1 Å². The maximum atomic E-state index is 13.4. The van der Waals surface area contributed by atoms with Crippen LogP contribution >= 0.6 is 0 Å². The molecule has 1 atom stereocenters. The van der Waals surface area contributed by atoms with Crippen LogP contribution in [0.3, 0.4) is 0 Å². The number of amides is 2. The van der Waals surface area contributed by atoms with Crippen LogP contribution in [0.5, 0.6) is 0 Å². The van der Waals surface area contributed by atoms with Crippen molar-refractivity contribution in [2.24, 2.45) is 0 Å². The first kappa shape index (κ1) is 20.1. The number of carbonyl (C=O) groups excluding carboxylic acids is 2. The summed E-state index contributed by atoms with van der Waals surface area (Å²) in [5, 5.41) is 9.17. The van der Waals surface area contributed by atoms with Crippen molar-refractivity contribution < 1.29 is 19.4 Å². The Bertz CT molecular complexity index is 791. The van der Waals surface area contributed by atoms with Crippen molar-refractivity contribution in [3.63, 3.8) is 0 Å². The number of carbonyl (C=O) groups is 2. The number of ether oxygens (including phenoxy) is 1. The molecule has 0 aliphatic carbocycles. The van der Waals surface area contributed by atoms with E-state index in [-0.39, 0.29) is 24.5 Å². The van der Waals surface area contributed by atoms with Crippen molar-refractivity contribution in [3.05, 3.63) is 41.1 Å². The van der Waals surface area contributed by atoms with E-state index in [1.165, 1.54) is 4.90 Å². The largest absolute Gasteiger partial charge is 0.395 e. The Balaban J connectivity index is 1.63. The summed E-state index contributed by atoms with van der Waals surface area (Å²) < 4.78 is 5.68. The summed E-state index contributed by atoms with van der Waals surface area (Å²) in [5.74, 6) is -0.432. The molecule has 156 valence electrons. The molecule has 0 saturated carbocycles. The molecule has 1 N–H and O–H groups in total. The molecule has 0 aromatic heterocycles. The number of nitrogens with zero attached hydrogens (tertiary/aromatic N) is 3. The summed E-state index contributed by atoms with van der Waals surface area (Å²) in [7, 11) is 0. The fourth-order valence-electron chi connectivity index (χ4n) is 4.33. The molecule has 1 aromatic rings. The minimum atomic E-state index is -0.220. The van der Waals surface area contributed by atoms with Crippen molar-refractivity contribution in [2.75, 3.05) is 52.5 Å². The highest BCUT2D eigenvalue weighted by molar-refractivity contribution is 6.35. The molecular weight excluding hydrogens is 370 g/mol. The number of piperazine rings is 1. The molecule has 29 heavy (non-hydrogen) atoms. The summed E-state index contributed by atoms with van der Waals surface area (Å²) in [6, 6.07) is 7.79. The van der Waals surface area contributed by atoms with Crippen LogP contribution in [0.25, 0.3) is 5.57 Å². The molecule has 0 spiro atoms. The third-order valence-electron chi connectivity index (χ3n) is 6.00. The van der Waals surface area contributed by atoms with Gasteiger partial charge in [-0.3, -0.25) is 19.4 Å². The highest BCUT2D eigenvalue weighted by Gasteiger charge is 2.43. The van der Waals surface area contributed by atoms with Crippen molar-refractivity contribution >= 4 is 17.4 Å². The van der Waals surface area contributed by atoms with Gasteiger partial charge < -0.3 is 14.7 Å². The van der Waals surface area contributed by atoms with Crippen LogP contribution < -0.4 is 0 Å². The van der Waals surface area contributed by atoms with Gasteiger partial charge in [-0.1, -0.05) is 29.8 Å². The second-order valence-corrected chi connectivity index (χ2v) is 8.00. The molecule has 3 aliphatic heterocycles. The average molecular weight is 399 g/mol. The number of hydrogen-bond donors (Lipinski definition) is 1. The Morgan fingerprint density at radius 1 is 1.07 bits per heavy atom. The first-order valence-electron chi connectivity index (χ1n) is 10.5. The van der Waals surface area contributed by atoms with E-state index in [0.717, 1.165) is 37.1 Å². The lowest BCUT2D eigenvalue weighted by Crippen LogP contribution is -2.48. The van der Waals surface area contributed by atoms with Crippen LogP contribution in [-0.2, 0) is 14.3 Å². The number of β-amino-alcohol motifs (C(OH)–C–C–N with tert-alkyl or cyclic N) is 1. The number of benzene rings is 1. The summed E-state index contributed by atoms with van der Waals surface area (Å²) >= 11 is 0. The zero-order valence-electron chi connectivity index (χ0n) is 17.0. The minimum absolute atomic E-state index is 0.0667. The molecule has 2 amide bonds. The monoisotopic (exact) mass is 399 g/mol. The van der Waals surface area contributed by atoms with Crippen LogP contribution in [0.15, 0.2) is 30.0 Å². The first-order chi connectivity index (χ1) is 14.1. The van der Waals surface area contributed by atoms with Gasteiger partial charge in [0.2, 0.25) is 0 Å². The highest BCUT2D eigenvalue weighted by Crippen LogP contribution is 2.33. The first-order valence-corrected chi connectivity index (χ1v) is 10.5. The summed E-state index contributed by atoms with van der Waals surface area (Å²) in [6.07, 6.45) is 1.79. The molecule has 2 fully saturated rings. The number of hydrogen-bond acceptors (Lipinski definition) is 6. The van der Waals surface area contributed by atoms with Gasteiger partial charge in [-0.15, -0.1) is 0 Å². The zero-order chi connectivity index (χ0) is 20.4. The highest BCUT2D eigenvalue weighted by atomic mass is 16.5. The second-order valence-electron chi connectivity index (χ2n) is 8.00. The molecule has 7 nitrogen and oxygen atoms in total. The Morgan fingerprint density at radius 3 is 2.41 bits per heavy atom. The van der Waals surface area contributed by atoms with Gasteiger partial charge in [-0.05, 0) is 25.3 Å². The Morgan fingerprint density at radius 2 is 1.79 bits per heavy atom. The fourth-order valence-corrected chi connectivity index (χ4v) is 4.33. The fraction of sp³-hybridized carbons (Fsp3) is 0.545. The van der Waals surface area contributed by atoms with E-state index in [1.807, 2.05) is 36.1 Å². The van der Waals surface area contributed by atoms with Gasteiger partial charge in [0.15, 0.2) is 0 Å². The van der Waals surface area contributed by atoms with E-state index in [9.17, 15) is 14.7 Å². The van der Waals surface area contributed by atoms with E-state index in [2.05, 4.69) is 4.90 Å². The van der Waals surface area contributed by atoms with Crippen LogP contribution in [0.4, 0.5) is 0 Å². The number of aliphatic hydroxyl groups is 1. The molecule has 3 heterocycles. The molecule has 2 saturated heterocycles. The second kappa shape index (κ2) is 8.65. The van der Waals surface area contributed by atoms with Crippen molar-refractivity contribution in [1.82, 2.24) is 14.7 Å². The normalized spacial score (nSPS) is 23.6. The van der Waals surface area contributed by atoms with Gasteiger partial charge in [0.05, 0.1) is 24.8 Å². The molecule has 1 aromatic carbocycles. The SMILES string of the molecule is Cc1ccc(C2=C(N3CCN(CCO)CC3)C(=O)N(CC3CCCO3)C2=O)cc1. The van der Waals surface area contributed by atoms with Gasteiger partial charge in [-0.25, -0.2) is 0 Å². The predicted octanol–water partition coefficient (Wildman–Crippen LogP) is 0.864. The maximum absolute atomic E-state index is 13.4. The minimum Gasteiger partial charge on any atom is -0.395 e. The molecule has 0 radical (unpaired) electrons. The van der Waals surface area contributed by atoms with Crippen molar-refractivity contribution in [1.29, 1.82) is 0 Å². The smallest absolute Gasteiger partial charge is 0.277 e. The quantitative estimate of drug-likeness (QED) is 0.716. The number of aliphatic hydroxyl groups excluding tert-OH is 1. The van der Waals surface area contributed by atoms with E-state index in [1.54, 1.807) is 0 Å². The standard InChI is InChI=1S/C22H29N3O4/c1-16-4-6-17(7-5-16)19-20(24-10-8-23(9-11-24)12-13-26)22(28)25(21(19)27)15-18-3-2-14-29-18/h4-7,18,26H,2-3,8-15H2,1H3. The van der Waals surface area contributed by atoms with E-state index in [4.69, 9.17) is 4.74 Å². The van der Waals surface area contributed by atoms with Gasteiger partial charge >= 0.3 is 0 Å². The van der Waals surface area contributed by atoms with Crippen LogP contribution in [-0.4, -0.2) is 90.2 Å². The van der Waals surface area contributed by atoms with Crippen LogP contribution in [0.1, 0.15) is 24.0 Å². The average Bonchev–Trinajstić information content (AvgIpc) is 3.32. The van der Waals surface area contributed by atoms with Crippen LogP contribution in [0.2, 0.25) is 0 Å². The van der Waals surface area contributed by atoms with Crippen molar-refractivity contribution in [2.45, 2.75) is 25.9 Å². The molecule has 3 aliphatic rings. The molecule has 7 heteroatoms. The molecule has 4 rings (SSSR count). The van der Waals surface area contributed by atoms with Gasteiger partial charge in [0.1, 0.15) is 5.70 Å². The maximum Gasteiger partial charge on any atom is 0.277 e. The Hall–Kier alpha value is -2.22. The Kier molecular flexibility index (Phi) is 5.99. The molecule has 1 unspecified atom stereocenters. The molecular formula is C22H29N3O4. The zero-order valence-corrected chi connectivity index (χ0v) is 17.0. The lowest BCUT2D eigenvalue weighted by atomic mass is 10.0. The van der Waals surface area contributed by atoms with E-state index < -0.39 is 0 Å². The number of rotatable bonds is 6. The Labute approximate surface area is 171 Å². The van der Waals surface area contributed by atoms with Gasteiger partial charge in [0, 0.05) is 39.3 Å². The third-order valence-corrected chi connectivity index (χ3v) is 6.00. The number of imide groups is 1. The van der Waals surface area contributed by atoms with Crippen molar-refractivity contribution in [3.8, 4) is 0 Å². The third kappa shape index (κ3) is 4.08. The lowest BCUT2D eigenvalue weighted by molar-refractivity contribution is -0.139. The van der Waals surface area contributed by atoms with Gasteiger partial charge in [-0.2, -0.15) is 0 Å².